The van der Waals surface area contributed by atoms with E-state index in [0.717, 1.165) is 11.0 Å². The van der Waals surface area contributed by atoms with Crippen molar-refractivity contribution in [2.24, 2.45) is 0 Å². The maximum atomic E-state index is 4.49. The third-order valence-electron chi connectivity index (χ3n) is 2.86. The lowest BCUT2D eigenvalue weighted by Gasteiger charge is -2.12. The molecule has 0 bridgehead atoms. The first-order valence-corrected chi connectivity index (χ1v) is 6.95. The Kier molecular flexibility index (Phi) is 3.67. The number of rotatable bonds is 3. The highest BCUT2D eigenvalue weighted by Gasteiger charge is 2.14. The Morgan fingerprint density at radius 1 is 1.24 bits per heavy atom. The molecule has 0 aliphatic carbocycles. The van der Waals surface area contributed by atoms with E-state index in [-0.39, 0.29) is 0 Å². The van der Waals surface area contributed by atoms with Gasteiger partial charge in [-0.1, -0.05) is 47.5 Å². The second kappa shape index (κ2) is 5.05. The molecule has 0 radical (unpaired) electrons. The molecule has 0 fully saturated rings. The van der Waals surface area contributed by atoms with Crippen LogP contribution in [0.15, 0.2) is 30.5 Å². The van der Waals surface area contributed by atoms with Crippen molar-refractivity contribution in [2.45, 2.75) is 32.0 Å². The minimum atomic E-state index is 0.464. The molecule has 2 nitrogen and oxygen atoms in total. The van der Waals surface area contributed by atoms with Gasteiger partial charge in [0.2, 0.25) is 0 Å². The van der Waals surface area contributed by atoms with Crippen molar-refractivity contribution in [1.29, 1.82) is 0 Å². The summed E-state index contributed by atoms with van der Waals surface area (Å²) in [6.07, 6.45) is 1.95. The fourth-order valence-electron chi connectivity index (χ4n) is 2.00. The zero-order valence-electron chi connectivity index (χ0n) is 10.4. The first kappa shape index (κ1) is 12.4. The summed E-state index contributed by atoms with van der Waals surface area (Å²) < 4.78 is 2.04. The van der Waals surface area contributed by atoms with Crippen LogP contribution in [0.2, 0.25) is 0 Å². The lowest BCUT2D eigenvalue weighted by Crippen LogP contribution is -2.05. The van der Waals surface area contributed by atoms with Gasteiger partial charge in [-0.15, -0.1) is 0 Å². The predicted octanol–water partition coefficient (Wildman–Crippen LogP) is 4.20. The van der Waals surface area contributed by atoms with E-state index in [2.05, 4.69) is 66.1 Å². The number of alkyl halides is 1. The van der Waals surface area contributed by atoms with E-state index in [9.17, 15) is 0 Å². The van der Waals surface area contributed by atoms with Gasteiger partial charge in [0.05, 0.1) is 17.6 Å². The Balaban J connectivity index is 2.51. The molecule has 2 aromatic rings. The summed E-state index contributed by atoms with van der Waals surface area (Å²) in [6, 6.07) is 8.47. The van der Waals surface area contributed by atoms with E-state index in [0.29, 0.717) is 5.92 Å². The predicted molar refractivity (Wildman–Crippen MR) is 75.0 cm³/mol. The SMILES string of the molecule is Cc1ccc(-n2ncc(CBr)c2C(C)C)cc1. The highest BCUT2D eigenvalue weighted by atomic mass is 79.9. The van der Waals surface area contributed by atoms with E-state index in [4.69, 9.17) is 0 Å². The second-order valence-electron chi connectivity index (χ2n) is 4.59. The largest absolute Gasteiger partial charge is 0.237 e. The van der Waals surface area contributed by atoms with E-state index < -0.39 is 0 Å². The van der Waals surface area contributed by atoms with Gasteiger partial charge in [-0.05, 0) is 25.0 Å². The van der Waals surface area contributed by atoms with Crippen molar-refractivity contribution in [2.75, 3.05) is 0 Å². The van der Waals surface area contributed by atoms with Crippen LogP contribution in [0.4, 0.5) is 0 Å². The smallest absolute Gasteiger partial charge is 0.0649 e. The van der Waals surface area contributed by atoms with Crippen LogP contribution in [0.5, 0.6) is 0 Å². The summed E-state index contributed by atoms with van der Waals surface area (Å²) in [7, 11) is 0. The van der Waals surface area contributed by atoms with Crippen molar-refractivity contribution < 1.29 is 0 Å². The van der Waals surface area contributed by atoms with Gasteiger partial charge in [-0.25, -0.2) is 4.68 Å². The van der Waals surface area contributed by atoms with E-state index in [1.807, 2.05) is 10.9 Å². The maximum Gasteiger partial charge on any atom is 0.0649 e. The van der Waals surface area contributed by atoms with Crippen molar-refractivity contribution >= 4 is 15.9 Å². The second-order valence-corrected chi connectivity index (χ2v) is 5.15. The molecule has 0 aliphatic heterocycles. The van der Waals surface area contributed by atoms with Gasteiger partial charge in [-0.2, -0.15) is 5.10 Å². The Morgan fingerprint density at radius 2 is 1.88 bits per heavy atom. The lowest BCUT2D eigenvalue weighted by molar-refractivity contribution is 0.729. The van der Waals surface area contributed by atoms with E-state index in [1.165, 1.54) is 16.8 Å². The normalized spacial score (nSPS) is 11.1. The van der Waals surface area contributed by atoms with Crippen LogP contribution in [0.25, 0.3) is 5.69 Å². The molecule has 1 aromatic carbocycles. The van der Waals surface area contributed by atoms with Gasteiger partial charge in [-0.3, -0.25) is 0 Å². The summed E-state index contributed by atoms with van der Waals surface area (Å²) in [5.41, 5.74) is 4.95. The number of benzene rings is 1. The van der Waals surface area contributed by atoms with Gasteiger partial charge in [0.15, 0.2) is 0 Å². The molecule has 0 saturated carbocycles. The summed E-state index contributed by atoms with van der Waals surface area (Å²) in [6.45, 7) is 6.50. The van der Waals surface area contributed by atoms with Gasteiger partial charge < -0.3 is 0 Å². The molecule has 0 amide bonds. The molecule has 0 spiro atoms. The van der Waals surface area contributed by atoms with E-state index >= 15 is 0 Å². The first-order chi connectivity index (χ1) is 8.13. The lowest BCUT2D eigenvalue weighted by atomic mass is 10.1. The third-order valence-corrected chi connectivity index (χ3v) is 3.46. The third kappa shape index (κ3) is 2.44. The van der Waals surface area contributed by atoms with Gasteiger partial charge >= 0.3 is 0 Å². The molecule has 17 heavy (non-hydrogen) atoms. The number of halogens is 1. The van der Waals surface area contributed by atoms with Crippen molar-refractivity contribution in [3.05, 3.63) is 47.3 Å². The minimum absolute atomic E-state index is 0.464. The number of hydrogen-bond acceptors (Lipinski definition) is 1. The van der Waals surface area contributed by atoms with Crippen LogP contribution < -0.4 is 0 Å². The molecule has 1 aromatic heterocycles. The van der Waals surface area contributed by atoms with Gasteiger partial charge in [0.1, 0.15) is 0 Å². The Morgan fingerprint density at radius 3 is 2.41 bits per heavy atom. The van der Waals surface area contributed by atoms with Crippen LogP contribution >= 0.6 is 15.9 Å². The number of hydrogen-bond donors (Lipinski definition) is 0. The highest BCUT2D eigenvalue weighted by Crippen LogP contribution is 2.24. The summed E-state index contributed by atoms with van der Waals surface area (Å²) >= 11 is 3.52. The topological polar surface area (TPSA) is 17.8 Å². The zero-order valence-corrected chi connectivity index (χ0v) is 12.0. The zero-order chi connectivity index (χ0) is 12.4. The maximum absolute atomic E-state index is 4.49. The fourth-order valence-corrected chi connectivity index (χ4v) is 2.43. The Bertz CT molecular complexity index is 497. The average molecular weight is 293 g/mol. The number of aryl methyl sites for hydroxylation is 1. The van der Waals surface area contributed by atoms with Gasteiger partial charge in [0, 0.05) is 10.9 Å². The molecule has 0 atom stereocenters. The Hall–Kier alpha value is -1.09. The summed E-state index contributed by atoms with van der Waals surface area (Å²) in [5, 5.41) is 5.35. The van der Waals surface area contributed by atoms with E-state index in [1.54, 1.807) is 0 Å². The molecule has 0 unspecified atom stereocenters. The molecular formula is C14H17BrN2. The average Bonchev–Trinajstić information content (AvgIpc) is 2.73. The van der Waals surface area contributed by atoms with Crippen LogP contribution in [0.3, 0.4) is 0 Å². The van der Waals surface area contributed by atoms with Crippen molar-refractivity contribution in [3.63, 3.8) is 0 Å². The molecule has 0 aliphatic rings. The van der Waals surface area contributed by atoms with Crippen molar-refractivity contribution in [3.8, 4) is 5.69 Å². The number of aromatic nitrogens is 2. The van der Waals surface area contributed by atoms with Gasteiger partial charge in [0.25, 0.3) is 0 Å². The van der Waals surface area contributed by atoms with Crippen LogP contribution in [0.1, 0.15) is 36.6 Å². The highest BCUT2D eigenvalue weighted by molar-refractivity contribution is 9.08. The summed E-state index contributed by atoms with van der Waals surface area (Å²) in [4.78, 5) is 0. The van der Waals surface area contributed by atoms with Crippen LogP contribution in [0, 0.1) is 6.92 Å². The van der Waals surface area contributed by atoms with Crippen LogP contribution in [-0.2, 0) is 5.33 Å². The summed E-state index contributed by atoms with van der Waals surface area (Å²) in [5.74, 6) is 0.464. The van der Waals surface area contributed by atoms with Crippen LogP contribution in [-0.4, -0.2) is 9.78 Å². The molecule has 3 heteroatoms. The fraction of sp³-hybridized carbons (Fsp3) is 0.357. The molecular weight excluding hydrogens is 276 g/mol. The minimum Gasteiger partial charge on any atom is -0.237 e. The molecule has 0 N–H and O–H groups in total. The Labute approximate surface area is 111 Å². The number of nitrogens with zero attached hydrogens (tertiary/aromatic N) is 2. The molecule has 1 heterocycles. The first-order valence-electron chi connectivity index (χ1n) is 5.83. The quantitative estimate of drug-likeness (QED) is 0.776. The van der Waals surface area contributed by atoms with Crippen molar-refractivity contribution in [1.82, 2.24) is 9.78 Å². The molecule has 2 rings (SSSR count). The molecule has 90 valence electrons. The monoisotopic (exact) mass is 292 g/mol. The standard InChI is InChI=1S/C14H17BrN2/c1-10(2)14-12(8-15)9-16-17(14)13-6-4-11(3)5-7-13/h4-7,9-10H,8H2,1-3H3. The molecule has 0 saturated heterocycles.